The van der Waals surface area contributed by atoms with Crippen molar-refractivity contribution in [3.63, 3.8) is 0 Å². The fourth-order valence-electron chi connectivity index (χ4n) is 14.4. The van der Waals surface area contributed by atoms with E-state index in [1.807, 2.05) is 36.4 Å². The molecule has 2 aromatic heterocycles. The fraction of sp³-hybridized carbons (Fsp3) is 0.217. The number of benzene rings is 12. The summed E-state index contributed by atoms with van der Waals surface area (Å²) in [5.74, 6) is 0. The molecule has 97 heavy (non-hydrogen) atoms. The van der Waals surface area contributed by atoms with Gasteiger partial charge in [-0.2, -0.15) is 0 Å². The molecular weight excluding hydrogens is 1170 g/mol. The number of aromatic nitrogens is 2. The summed E-state index contributed by atoms with van der Waals surface area (Å²) in [6.07, 6.45) is 0. The SMILES string of the molecule is [2H]c1c([2H])c([2H])c2c(c1[2H])c1c([2H])c([2H])c([2H])c([2H])c1n2-c1ccc2c(c1)N(c1ccc(-c3cc(C(C)(C)C)cc(C(C)(C)C)c3)cc1)c1cc(-c3ccc(C(C)(C)C)cc3)cc3c1B2c1ccc(-n2c4c([2H])c([2H])c([2H])c([2H])c4c4c([2H])c([2H])c([2H])c([2H])c42)cc1N3c1cccc(-c2cc(C(C)(C)C)cc(C(C)(C)C)c2)c1. The van der Waals surface area contributed by atoms with E-state index in [0.717, 1.165) is 89.2 Å². The fourth-order valence-corrected chi connectivity index (χ4v) is 14.4. The van der Waals surface area contributed by atoms with Crippen LogP contribution < -0.4 is 26.2 Å². The largest absolute Gasteiger partial charge is 0.311 e. The summed E-state index contributed by atoms with van der Waals surface area (Å²) < 4.78 is 152. The summed E-state index contributed by atoms with van der Waals surface area (Å²) >= 11 is 0. The molecule has 0 N–H and O–H groups in total. The first kappa shape index (κ1) is 46.1. The van der Waals surface area contributed by atoms with Crippen molar-refractivity contribution >= 4 is 101 Å². The molecule has 2 aliphatic rings. The Morgan fingerprint density at radius 3 is 1.00 bits per heavy atom. The van der Waals surface area contributed by atoms with Crippen molar-refractivity contribution in [2.45, 2.75) is 131 Å². The minimum Gasteiger partial charge on any atom is -0.311 e. The minimum atomic E-state index is -0.686. The monoisotopic (exact) mass is 1270 g/mol. The molecule has 0 amide bonds. The van der Waals surface area contributed by atoms with Crippen molar-refractivity contribution in [1.82, 2.24) is 9.13 Å². The van der Waals surface area contributed by atoms with E-state index in [1.165, 1.54) is 11.1 Å². The quantitative estimate of drug-likeness (QED) is 0.148. The minimum absolute atomic E-state index is 0.0339. The highest BCUT2D eigenvalue weighted by Gasteiger charge is 2.44. The lowest BCUT2D eigenvalue weighted by molar-refractivity contribution is 0.568. The van der Waals surface area contributed by atoms with Crippen molar-refractivity contribution < 1.29 is 21.9 Å². The van der Waals surface area contributed by atoms with E-state index in [0.29, 0.717) is 22.7 Å². The van der Waals surface area contributed by atoms with Crippen LogP contribution in [-0.2, 0) is 27.1 Å². The van der Waals surface area contributed by atoms with Gasteiger partial charge >= 0.3 is 0 Å². The Balaban J connectivity index is 1.06. The van der Waals surface area contributed by atoms with Crippen molar-refractivity contribution in [2.24, 2.45) is 0 Å². The third-order valence-electron chi connectivity index (χ3n) is 19.9. The zero-order chi connectivity index (χ0) is 81.3. The summed E-state index contributed by atoms with van der Waals surface area (Å²) in [4.78, 5) is 4.48. The molecule has 16 rings (SSSR count). The number of nitrogens with zero attached hydrogens (tertiary/aromatic N) is 4. The van der Waals surface area contributed by atoms with Crippen molar-refractivity contribution in [2.75, 3.05) is 9.80 Å². The summed E-state index contributed by atoms with van der Waals surface area (Å²) in [6, 6.07) is 47.3. The van der Waals surface area contributed by atoms with Crippen molar-refractivity contribution in [3.05, 3.63) is 282 Å². The molecule has 0 aliphatic carbocycles. The predicted molar refractivity (Wildman–Crippen MR) is 419 cm³/mol. The summed E-state index contributed by atoms with van der Waals surface area (Å²) in [7, 11) is 0. The van der Waals surface area contributed by atoms with Crippen LogP contribution in [0.15, 0.2) is 254 Å². The average Bonchev–Trinajstić information content (AvgIpc) is 1.68. The summed E-state index contributed by atoms with van der Waals surface area (Å²) in [5.41, 5.74) is 17.7. The number of rotatable bonds is 7. The number of para-hydroxylation sites is 4. The highest BCUT2D eigenvalue weighted by Crippen LogP contribution is 2.50. The number of hydrogen-bond acceptors (Lipinski definition) is 2. The van der Waals surface area contributed by atoms with Crippen LogP contribution >= 0.6 is 0 Å². The van der Waals surface area contributed by atoms with Crippen LogP contribution in [-0.4, -0.2) is 15.8 Å². The first-order valence-electron chi connectivity index (χ1n) is 41.6. The van der Waals surface area contributed by atoms with E-state index in [2.05, 4.69) is 235 Å². The van der Waals surface area contributed by atoms with Crippen LogP contribution in [0.5, 0.6) is 0 Å². The van der Waals surface area contributed by atoms with Gasteiger partial charge in [0.15, 0.2) is 0 Å². The van der Waals surface area contributed by atoms with Gasteiger partial charge in [0.2, 0.25) is 0 Å². The second-order valence-electron chi connectivity index (χ2n) is 31.6. The number of fused-ring (bicyclic) bond motifs is 10. The van der Waals surface area contributed by atoms with Gasteiger partial charge in [0, 0.05) is 67.0 Å². The van der Waals surface area contributed by atoms with Crippen LogP contribution in [0.25, 0.3) is 88.4 Å². The molecule has 12 aromatic carbocycles. The zero-order valence-electron chi connectivity index (χ0n) is 73.9. The van der Waals surface area contributed by atoms with Crippen molar-refractivity contribution in [3.8, 4) is 44.8 Å². The van der Waals surface area contributed by atoms with E-state index in [1.54, 1.807) is 9.13 Å². The highest BCUT2D eigenvalue weighted by molar-refractivity contribution is 7.00. The lowest BCUT2D eigenvalue weighted by Crippen LogP contribution is -2.61. The maximum atomic E-state index is 9.72. The molecule has 5 heteroatoms. The Bertz CT molecular complexity index is 6260. The van der Waals surface area contributed by atoms with Gasteiger partial charge in [-0.05, 0) is 189 Å². The maximum Gasteiger partial charge on any atom is 0.252 e. The van der Waals surface area contributed by atoms with Crippen LogP contribution in [0.1, 0.15) is 154 Å². The first-order valence-corrected chi connectivity index (χ1v) is 33.6. The third kappa shape index (κ3) is 10.5. The highest BCUT2D eigenvalue weighted by atomic mass is 15.2. The molecule has 0 spiro atoms. The molecule has 0 saturated heterocycles. The van der Waals surface area contributed by atoms with E-state index >= 15 is 0 Å². The van der Waals surface area contributed by atoms with Crippen LogP contribution in [0.2, 0.25) is 0 Å². The van der Waals surface area contributed by atoms with E-state index in [-0.39, 0.29) is 70.7 Å². The summed E-state index contributed by atoms with van der Waals surface area (Å²) in [6.45, 7) is 32.5. The first-order chi connectivity index (χ1) is 52.9. The molecule has 0 unspecified atom stereocenters. The lowest BCUT2D eigenvalue weighted by Gasteiger charge is -2.45. The molecule has 4 nitrogen and oxygen atoms in total. The Morgan fingerprint density at radius 2 is 0.608 bits per heavy atom. The zero-order valence-corrected chi connectivity index (χ0v) is 57.9. The van der Waals surface area contributed by atoms with Crippen LogP contribution in [0.4, 0.5) is 34.1 Å². The van der Waals surface area contributed by atoms with Crippen LogP contribution in [0.3, 0.4) is 0 Å². The Labute approximate surface area is 597 Å². The third-order valence-corrected chi connectivity index (χ3v) is 19.9. The Hall–Kier alpha value is -10.1. The van der Waals surface area contributed by atoms with Crippen LogP contribution in [0, 0.1) is 0 Å². The number of hydrogen-bond donors (Lipinski definition) is 0. The molecule has 0 saturated carbocycles. The molecule has 478 valence electrons. The molecule has 14 aromatic rings. The number of anilines is 6. The maximum absolute atomic E-state index is 9.72. The normalized spacial score (nSPS) is 15.8. The summed E-state index contributed by atoms with van der Waals surface area (Å²) in [5, 5.41) is -0.232. The second-order valence-corrected chi connectivity index (χ2v) is 31.6. The molecular formula is C92H87BN4. The molecule has 0 bridgehead atoms. The molecule has 4 heterocycles. The molecule has 2 aliphatic heterocycles. The Kier molecular flexibility index (Phi) is 10.6. The van der Waals surface area contributed by atoms with Gasteiger partial charge in [-0.25, -0.2) is 0 Å². The van der Waals surface area contributed by atoms with Gasteiger partial charge in [-0.3, -0.25) is 0 Å². The Morgan fingerprint density at radius 1 is 0.268 bits per heavy atom. The predicted octanol–water partition coefficient (Wildman–Crippen LogP) is 23.5. The van der Waals surface area contributed by atoms with E-state index in [9.17, 15) is 13.7 Å². The van der Waals surface area contributed by atoms with Gasteiger partial charge < -0.3 is 18.9 Å². The standard InChI is InChI=1S/C92H87BN4/c1-88(2,3)64-39-35-58(36-40-64)63-52-85-87-86(53-63)97(70-26-24-25-60(51-70)62-49-67(91(10,11)12)55-68(50-62)92(13,14)15)84-57-72(96-81-33-22-18-29-75(81)76-30-19-23-34-82(76)96)44-46-78(84)93(87)77-45-43-71(95-79-31-20-16-27-73(79)74-28-17-21-32-80(74)95)56-83(77)94(85)69-41-37-59(38-42-69)61-47-65(89(4,5)6)54-66(48-61)90(7,8)9/h16-57H,1-15H3/i16D,17D,18D,19D,20D,21D,22D,23D,27D,28D,29D,30D,31D,32D,33D,34D. The lowest BCUT2D eigenvalue weighted by atomic mass is 9.33. The van der Waals surface area contributed by atoms with E-state index < -0.39 is 103 Å². The molecule has 0 radical (unpaired) electrons. The topological polar surface area (TPSA) is 16.3 Å². The second kappa shape index (κ2) is 22.2. The average molecular weight is 1280 g/mol. The van der Waals surface area contributed by atoms with Gasteiger partial charge in [0.1, 0.15) is 0 Å². The molecule has 0 fully saturated rings. The molecule has 0 atom stereocenters. The van der Waals surface area contributed by atoms with Gasteiger partial charge in [0.25, 0.3) is 6.71 Å². The van der Waals surface area contributed by atoms with Gasteiger partial charge in [-0.15, -0.1) is 0 Å². The van der Waals surface area contributed by atoms with Crippen molar-refractivity contribution in [1.29, 1.82) is 0 Å². The van der Waals surface area contributed by atoms with Gasteiger partial charge in [0.05, 0.1) is 44.0 Å². The van der Waals surface area contributed by atoms with E-state index in [4.69, 9.17) is 8.22 Å². The van der Waals surface area contributed by atoms with Gasteiger partial charge in [-0.1, -0.05) is 273 Å². The smallest absolute Gasteiger partial charge is 0.252 e.